The number of benzene rings is 2. The topological polar surface area (TPSA) is 87.7 Å². The molecule has 1 heterocycles. The van der Waals surface area contributed by atoms with Crippen molar-refractivity contribution in [3.05, 3.63) is 54.1 Å². The number of nitrogens with one attached hydrogen (secondary N) is 2. The Bertz CT molecular complexity index is 876. The van der Waals surface area contributed by atoms with Gasteiger partial charge in [0.05, 0.1) is 12.0 Å². The summed E-state index contributed by atoms with van der Waals surface area (Å²) in [5.74, 6) is 0.476. The van der Waals surface area contributed by atoms with Gasteiger partial charge in [0.15, 0.2) is 0 Å². The second kappa shape index (κ2) is 7.76. The average Bonchev–Trinajstić information content (AvgIpc) is 2.68. The van der Waals surface area contributed by atoms with Crippen LogP contribution in [0.2, 0.25) is 0 Å². The van der Waals surface area contributed by atoms with E-state index in [-0.39, 0.29) is 10.8 Å². The van der Waals surface area contributed by atoms with E-state index in [1.165, 1.54) is 12.1 Å². The number of methoxy groups -OCH3 is 1. The van der Waals surface area contributed by atoms with Crippen LogP contribution in [0, 0.1) is 0 Å². The molecule has 8 heteroatoms. The standard InChI is InChI=1S/C18H21N3O4S/c1-25-16-7-5-15(6-8-16)20-26(23,24)17-4-2-3-14(13-17)18(22)21-11-9-19-10-12-21/h2-8,13,19-20H,9-12H2,1H3. The minimum Gasteiger partial charge on any atom is -0.497 e. The van der Waals surface area contributed by atoms with Gasteiger partial charge in [-0.25, -0.2) is 8.42 Å². The first-order chi connectivity index (χ1) is 12.5. The van der Waals surface area contributed by atoms with Crippen LogP contribution in [0.5, 0.6) is 5.75 Å². The van der Waals surface area contributed by atoms with Crippen molar-refractivity contribution in [1.29, 1.82) is 0 Å². The van der Waals surface area contributed by atoms with Crippen molar-refractivity contribution in [2.24, 2.45) is 0 Å². The molecule has 0 saturated carbocycles. The van der Waals surface area contributed by atoms with Gasteiger partial charge in [0, 0.05) is 37.4 Å². The van der Waals surface area contributed by atoms with Crippen LogP contribution in [-0.4, -0.2) is 52.5 Å². The fourth-order valence-electron chi connectivity index (χ4n) is 2.72. The van der Waals surface area contributed by atoms with Crippen molar-refractivity contribution in [3.8, 4) is 5.75 Å². The van der Waals surface area contributed by atoms with E-state index in [4.69, 9.17) is 4.74 Å². The Balaban J connectivity index is 1.80. The van der Waals surface area contributed by atoms with Crippen molar-refractivity contribution in [2.45, 2.75) is 4.90 Å². The first-order valence-electron chi connectivity index (χ1n) is 8.26. The number of hydrogen-bond acceptors (Lipinski definition) is 5. The highest BCUT2D eigenvalue weighted by Crippen LogP contribution is 2.20. The zero-order chi connectivity index (χ0) is 18.6. The maximum Gasteiger partial charge on any atom is 0.261 e. The van der Waals surface area contributed by atoms with E-state index in [0.717, 1.165) is 13.1 Å². The normalized spacial score (nSPS) is 14.7. The van der Waals surface area contributed by atoms with Crippen LogP contribution in [0.15, 0.2) is 53.4 Å². The van der Waals surface area contributed by atoms with Crippen LogP contribution >= 0.6 is 0 Å². The highest BCUT2D eigenvalue weighted by Gasteiger charge is 2.21. The Kier molecular flexibility index (Phi) is 5.43. The first-order valence-corrected chi connectivity index (χ1v) is 9.75. The highest BCUT2D eigenvalue weighted by atomic mass is 32.2. The summed E-state index contributed by atoms with van der Waals surface area (Å²) < 4.78 is 32.8. The number of sulfonamides is 1. The van der Waals surface area contributed by atoms with Crippen molar-refractivity contribution < 1.29 is 17.9 Å². The van der Waals surface area contributed by atoms with Crippen LogP contribution in [0.4, 0.5) is 5.69 Å². The summed E-state index contributed by atoms with van der Waals surface area (Å²) in [6.45, 7) is 2.70. The van der Waals surface area contributed by atoms with Crippen molar-refractivity contribution in [2.75, 3.05) is 38.0 Å². The number of ether oxygens (including phenoxy) is 1. The average molecular weight is 375 g/mol. The van der Waals surface area contributed by atoms with Crippen LogP contribution in [0.3, 0.4) is 0 Å². The lowest BCUT2D eigenvalue weighted by atomic mass is 10.2. The fraction of sp³-hybridized carbons (Fsp3) is 0.278. The zero-order valence-electron chi connectivity index (χ0n) is 14.4. The van der Waals surface area contributed by atoms with Gasteiger partial charge in [0.25, 0.3) is 15.9 Å². The van der Waals surface area contributed by atoms with Crippen LogP contribution < -0.4 is 14.8 Å². The SMILES string of the molecule is COc1ccc(NS(=O)(=O)c2cccc(C(=O)N3CCNCC3)c2)cc1. The third kappa shape index (κ3) is 4.14. The minimum absolute atomic E-state index is 0.0503. The van der Waals surface area contributed by atoms with Gasteiger partial charge in [-0.1, -0.05) is 6.07 Å². The molecule has 0 bridgehead atoms. The quantitative estimate of drug-likeness (QED) is 0.828. The molecular formula is C18H21N3O4S. The van der Waals surface area contributed by atoms with Gasteiger partial charge in [0.1, 0.15) is 5.75 Å². The predicted octanol–water partition coefficient (Wildman–Crippen LogP) is 1.54. The molecular weight excluding hydrogens is 354 g/mol. The van der Waals surface area contributed by atoms with E-state index in [0.29, 0.717) is 30.1 Å². The predicted molar refractivity (Wildman–Crippen MR) is 99.0 cm³/mol. The van der Waals surface area contributed by atoms with Crippen LogP contribution in [-0.2, 0) is 10.0 Å². The number of carbonyl (C=O) groups excluding carboxylic acids is 1. The molecule has 0 radical (unpaired) electrons. The van der Waals surface area contributed by atoms with E-state index >= 15 is 0 Å². The number of rotatable bonds is 5. The summed E-state index contributed by atoms with van der Waals surface area (Å²) in [5, 5.41) is 3.18. The van der Waals surface area contributed by atoms with E-state index < -0.39 is 10.0 Å². The number of nitrogens with zero attached hydrogens (tertiary/aromatic N) is 1. The molecule has 0 unspecified atom stereocenters. The second-order valence-electron chi connectivity index (χ2n) is 5.90. The zero-order valence-corrected chi connectivity index (χ0v) is 15.3. The molecule has 1 saturated heterocycles. The molecule has 0 aromatic heterocycles. The van der Waals surface area contributed by atoms with Gasteiger partial charge in [-0.2, -0.15) is 0 Å². The third-order valence-electron chi connectivity index (χ3n) is 4.14. The number of piperazine rings is 1. The summed E-state index contributed by atoms with van der Waals surface area (Å²) in [4.78, 5) is 14.3. The van der Waals surface area contributed by atoms with Gasteiger partial charge < -0.3 is 15.0 Å². The van der Waals surface area contributed by atoms with Gasteiger partial charge >= 0.3 is 0 Å². The molecule has 26 heavy (non-hydrogen) atoms. The first kappa shape index (κ1) is 18.2. The number of amides is 1. The Morgan fingerprint density at radius 1 is 1.12 bits per heavy atom. The monoisotopic (exact) mass is 375 g/mol. The molecule has 1 fully saturated rings. The molecule has 138 valence electrons. The molecule has 2 N–H and O–H groups in total. The second-order valence-corrected chi connectivity index (χ2v) is 7.59. The maximum absolute atomic E-state index is 12.6. The van der Waals surface area contributed by atoms with Gasteiger partial charge in [0.2, 0.25) is 0 Å². The Morgan fingerprint density at radius 3 is 2.46 bits per heavy atom. The summed E-state index contributed by atoms with van der Waals surface area (Å²) in [6, 6.07) is 12.7. The van der Waals surface area contributed by atoms with Crippen molar-refractivity contribution in [1.82, 2.24) is 10.2 Å². The maximum atomic E-state index is 12.6. The molecule has 1 amide bonds. The molecule has 1 aliphatic heterocycles. The summed E-state index contributed by atoms with van der Waals surface area (Å²) in [5.41, 5.74) is 0.786. The largest absolute Gasteiger partial charge is 0.497 e. The molecule has 7 nitrogen and oxygen atoms in total. The van der Waals surface area contributed by atoms with Gasteiger partial charge in [-0.05, 0) is 42.5 Å². The van der Waals surface area contributed by atoms with Crippen molar-refractivity contribution in [3.63, 3.8) is 0 Å². The van der Waals surface area contributed by atoms with Crippen LogP contribution in [0.1, 0.15) is 10.4 Å². The van der Waals surface area contributed by atoms with E-state index in [1.54, 1.807) is 48.4 Å². The molecule has 3 rings (SSSR count). The van der Waals surface area contributed by atoms with E-state index in [9.17, 15) is 13.2 Å². The summed E-state index contributed by atoms with van der Waals surface area (Å²) >= 11 is 0. The lowest BCUT2D eigenvalue weighted by Crippen LogP contribution is -2.46. The number of hydrogen-bond donors (Lipinski definition) is 2. The lowest BCUT2D eigenvalue weighted by molar-refractivity contribution is 0.0735. The minimum atomic E-state index is -3.79. The van der Waals surface area contributed by atoms with Crippen LogP contribution in [0.25, 0.3) is 0 Å². The molecule has 2 aromatic rings. The molecule has 1 aliphatic rings. The fourth-order valence-corrected chi connectivity index (χ4v) is 3.82. The van der Waals surface area contributed by atoms with Gasteiger partial charge in [-0.15, -0.1) is 0 Å². The molecule has 0 aliphatic carbocycles. The lowest BCUT2D eigenvalue weighted by Gasteiger charge is -2.27. The van der Waals surface area contributed by atoms with E-state index in [1.807, 2.05) is 0 Å². The Hall–Kier alpha value is -2.58. The third-order valence-corrected chi connectivity index (χ3v) is 5.52. The highest BCUT2D eigenvalue weighted by molar-refractivity contribution is 7.92. The molecule has 0 atom stereocenters. The Labute approximate surface area is 153 Å². The summed E-state index contributed by atoms with van der Waals surface area (Å²) in [7, 11) is -2.25. The summed E-state index contributed by atoms with van der Waals surface area (Å²) in [6.07, 6.45) is 0. The Morgan fingerprint density at radius 2 is 1.81 bits per heavy atom. The van der Waals surface area contributed by atoms with Gasteiger partial charge in [-0.3, -0.25) is 9.52 Å². The smallest absolute Gasteiger partial charge is 0.261 e. The number of anilines is 1. The number of carbonyl (C=O) groups is 1. The van der Waals surface area contributed by atoms with E-state index in [2.05, 4.69) is 10.0 Å². The molecule has 2 aromatic carbocycles. The molecule has 0 spiro atoms. The van der Waals surface area contributed by atoms with Crippen molar-refractivity contribution >= 4 is 21.6 Å².